The predicted molar refractivity (Wildman–Crippen MR) is 99.8 cm³/mol. The Labute approximate surface area is 149 Å². The third-order valence-electron chi connectivity index (χ3n) is 4.09. The summed E-state index contributed by atoms with van der Waals surface area (Å²) in [6, 6.07) is 14.2. The first-order valence-corrected chi connectivity index (χ1v) is 9.75. The van der Waals surface area contributed by atoms with E-state index >= 15 is 0 Å². The van der Waals surface area contributed by atoms with Gasteiger partial charge in [-0.2, -0.15) is 0 Å². The molecule has 0 saturated heterocycles. The fourth-order valence-electron chi connectivity index (χ4n) is 2.25. The number of sulfone groups is 1. The van der Waals surface area contributed by atoms with Gasteiger partial charge >= 0.3 is 0 Å². The topological polar surface area (TPSA) is 60.4 Å². The first-order valence-electron chi connectivity index (χ1n) is 8.10. The van der Waals surface area contributed by atoms with Crippen LogP contribution in [-0.2, 0) is 22.0 Å². The van der Waals surface area contributed by atoms with Crippen molar-refractivity contribution in [3.05, 3.63) is 65.2 Å². The van der Waals surface area contributed by atoms with Crippen molar-refractivity contribution >= 4 is 15.6 Å². The molecule has 0 atom stereocenters. The number of methoxy groups -OCH3 is 1. The average Bonchev–Trinajstić information content (AvgIpc) is 2.55. The number of hydrogen-bond acceptors (Lipinski definition) is 4. The van der Waals surface area contributed by atoms with E-state index in [0.717, 1.165) is 11.3 Å². The number of ether oxygens (including phenoxy) is 1. The van der Waals surface area contributed by atoms with Crippen LogP contribution >= 0.6 is 0 Å². The quantitative estimate of drug-likeness (QED) is 0.735. The summed E-state index contributed by atoms with van der Waals surface area (Å²) >= 11 is 0. The second-order valence-corrected chi connectivity index (χ2v) is 9.76. The standard InChI is InChI=1S/C20H24O4S/c1-20(2,3)25(22,23)14-16-5-9-17(10-6-16)19(21)13-15-7-11-18(24-4)12-8-15/h5-12H,13-14H2,1-4H3. The average molecular weight is 360 g/mol. The number of Topliss-reactive ketones (excluding diaryl/α,β-unsaturated/α-hetero) is 1. The SMILES string of the molecule is COc1ccc(CC(=O)c2ccc(CS(=O)(=O)C(C)(C)C)cc2)cc1. The molecule has 0 heterocycles. The van der Waals surface area contributed by atoms with Gasteiger partial charge in [0.2, 0.25) is 0 Å². The van der Waals surface area contributed by atoms with Crippen LogP contribution in [0.5, 0.6) is 5.75 Å². The second kappa shape index (κ2) is 7.40. The molecular formula is C20H24O4S. The maximum Gasteiger partial charge on any atom is 0.167 e. The van der Waals surface area contributed by atoms with Crippen molar-refractivity contribution in [2.75, 3.05) is 7.11 Å². The van der Waals surface area contributed by atoms with Crippen LogP contribution in [0.1, 0.15) is 42.3 Å². The normalized spacial score (nSPS) is 12.0. The zero-order valence-electron chi connectivity index (χ0n) is 15.1. The van der Waals surface area contributed by atoms with Gasteiger partial charge in [0.05, 0.1) is 17.6 Å². The van der Waals surface area contributed by atoms with Gasteiger partial charge in [-0.25, -0.2) is 8.42 Å². The Morgan fingerprint density at radius 1 is 0.920 bits per heavy atom. The molecule has 0 bridgehead atoms. The van der Waals surface area contributed by atoms with E-state index in [-0.39, 0.29) is 11.5 Å². The smallest absolute Gasteiger partial charge is 0.167 e. The minimum absolute atomic E-state index is 0.00426. The Hall–Kier alpha value is -2.14. The fourth-order valence-corrected chi connectivity index (χ4v) is 3.32. The van der Waals surface area contributed by atoms with E-state index in [0.29, 0.717) is 17.5 Å². The number of ketones is 1. The molecule has 134 valence electrons. The van der Waals surface area contributed by atoms with Gasteiger partial charge in [-0.3, -0.25) is 4.79 Å². The summed E-state index contributed by atoms with van der Waals surface area (Å²) in [6.45, 7) is 5.07. The van der Waals surface area contributed by atoms with Gasteiger partial charge in [0.1, 0.15) is 5.75 Å². The Balaban J connectivity index is 2.07. The lowest BCUT2D eigenvalue weighted by Crippen LogP contribution is -2.29. The Bertz CT molecular complexity index is 827. The molecule has 0 fully saturated rings. The van der Waals surface area contributed by atoms with E-state index in [4.69, 9.17) is 4.74 Å². The van der Waals surface area contributed by atoms with Crippen LogP contribution in [0.25, 0.3) is 0 Å². The van der Waals surface area contributed by atoms with Gasteiger partial charge < -0.3 is 4.74 Å². The molecule has 25 heavy (non-hydrogen) atoms. The van der Waals surface area contributed by atoms with E-state index in [1.54, 1.807) is 52.1 Å². The fraction of sp³-hybridized carbons (Fsp3) is 0.350. The van der Waals surface area contributed by atoms with E-state index in [1.165, 1.54) is 0 Å². The van der Waals surface area contributed by atoms with Crippen LogP contribution in [0.3, 0.4) is 0 Å². The molecule has 4 nitrogen and oxygen atoms in total. The molecule has 2 rings (SSSR count). The summed E-state index contributed by atoms with van der Waals surface area (Å²) in [5.41, 5.74) is 2.17. The zero-order valence-corrected chi connectivity index (χ0v) is 15.9. The number of carbonyl (C=O) groups excluding carboxylic acids is 1. The van der Waals surface area contributed by atoms with Crippen LogP contribution < -0.4 is 4.74 Å². The number of benzene rings is 2. The van der Waals surface area contributed by atoms with Crippen molar-refractivity contribution < 1.29 is 17.9 Å². The van der Waals surface area contributed by atoms with Gasteiger partial charge in [0, 0.05) is 12.0 Å². The summed E-state index contributed by atoms with van der Waals surface area (Å²) in [5, 5.41) is 0. The van der Waals surface area contributed by atoms with E-state index in [9.17, 15) is 13.2 Å². The van der Waals surface area contributed by atoms with Crippen LogP contribution in [-0.4, -0.2) is 26.1 Å². The van der Waals surface area contributed by atoms with E-state index in [1.807, 2.05) is 24.3 Å². The Morgan fingerprint density at radius 2 is 1.44 bits per heavy atom. The van der Waals surface area contributed by atoms with Crippen molar-refractivity contribution in [1.82, 2.24) is 0 Å². The molecule has 0 aliphatic heterocycles. The zero-order chi connectivity index (χ0) is 18.7. The molecule has 2 aromatic rings. The number of carbonyl (C=O) groups is 1. The molecule has 5 heteroatoms. The van der Waals surface area contributed by atoms with E-state index < -0.39 is 14.6 Å². The molecule has 0 aromatic heterocycles. The van der Waals surface area contributed by atoms with Crippen molar-refractivity contribution in [3.63, 3.8) is 0 Å². The minimum Gasteiger partial charge on any atom is -0.497 e. The van der Waals surface area contributed by atoms with Gasteiger partial charge in [-0.1, -0.05) is 36.4 Å². The molecule has 0 aliphatic rings. The number of rotatable bonds is 6. The van der Waals surface area contributed by atoms with Crippen LogP contribution in [0.15, 0.2) is 48.5 Å². The lowest BCUT2D eigenvalue weighted by Gasteiger charge is -2.19. The van der Waals surface area contributed by atoms with Gasteiger partial charge in [0.15, 0.2) is 15.6 Å². The molecule has 0 radical (unpaired) electrons. The molecule has 0 spiro atoms. The van der Waals surface area contributed by atoms with Crippen molar-refractivity contribution in [1.29, 1.82) is 0 Å². The summed E-state index contributed by atoms with van der Waals surface area (Å²) in [5.74, 6) is 0.722. The lowest BCUT2D eigenvalue weighted by molar-refractivity contribution is 0.0993. The van der Waals surface area contributed by atoms with E-state index in [2.05, 4.69) is 0 Å². The van der Waals surface area contributed by atoms with Crippen molar-refractivity contribution in [2.45, 2.75) is 37.7 Å². The maximum absolute atomic E-state index is 12.4. The van der Waals surface area contributed by atoms with Gasteiger partial charge in [-0.05, 0) is 44.0 Å². The third-order valence-corrected chi connectivity index (χ3v) is 6.67. The molecule has 0 amide bonds. The predicted octanol–water partition coefficient (Wildman–Crippen LogP) is 3.83. The van der Waals surface area contributed by atoms with Gasteiger partial charge in [0.25, 0.3) is 0 Å². The first kappa shape index (κ1) is 19.2. The minimum atomic E-state index is -3.24. The highest BCUT2D eigenvalue weighted by atomic mass is 32.2. The van der Waals surface area contributed by atoms with Crippen molar-refractivity contribution in [2.24, 2.45) is 0 Å². The summed E-state index contributed by atoms with van der Waals surface area (Å²) in [6.07, 6.45) is 0.295. The lowest BCUT2D eigenvalue weighted by atomic mass is 10.0. The Kier molecular flexibility index (Phi) is 5.68. The molecular weight excluding hydrogens is 336 g/mol. The molecule has 2 aromatic carbocycles. The summed E-state index contributed by atoms with van der Waals surface area (Å²) in [7, 11) is -1.64. The Morgan fingerprint density at radius 3 is 1.92 bits per heavy atom. The van der Waals surface area contributed by atoms with Crippen molar-refractivity contribution in [3.8, 4) is 5.75 Å². The summed E-state index contributed by atoms with van der Waals surface area (Å²) in [4.78, 5) is 12.4. The van der Waals surface area contributed by atoms with Crippen LogP contribution in [0.2, 0.25) is 0 Å². The maximum atomic E-state index is 12.4. The second-order valence-electron chi connectivity index (χ2n) is 7.02. The third kappa shape index (κ3) is 4.92. The molecule has 0 N–H and O–H groups in total. The molecule has 0 unspecified atom stereocenters. The molecule has 0 saturated carbocycles. The van der Waals surface area contributed by atoms with Crippen LogP contribution in [0, 0.1) is 0 Å². The van der Waals surface area contributed by atoms with Crippen LogP contribution in [0.4, 0.5) is 0 Å². The highest BCUT2D eigenvalue weighted by molar-refractivity contribution is 7.91. The largest absolute Gasteiger partial charge is 0.497 e. The first-order chi connectivity index (χ1) is 11.6. The highest BCUT2D eigenvalue weighted by Gasteiger charge is 2.28. The summed E-state index contributed by atoms with van der Waals surface area (Å²) < 4.78 is 28.8. The monoisotopic (exact) mass is 360 g/mol. The highest BCUT2D eigenvalue weighted by Crippen LogP contribution is 2.21. The molecule has 0 aliphatic carbocycles. The number of hydrogen-bond donors (Lipinski definition) is 0. The van der Waals surface area contributed by atoms with Gasteiger partial charge in [-0.15, -0.1) is 0 Å².